The number of alkyl halides is 2. The van der Waals surface area contributed by atoms with Gasteiger partial charge in [0.15, 0.2) is 0 Å². The quantitative estimate of drug-likeness (QED) is 0.570. The fourth-order valence-electron chi connectivity index (χ4n) is 2.93. The zero-order valence-electron chi connectivity index (χ0n) is 13.6. The molecule has 2 heterocycles. The summed E-state index contributed by atoms with van der Waals surface area (Å²) >= 11 is 0. The molecule has 0 saturated carbocycles. The molecule has 2 aliphatic rings. The van der Waals surface area contributed by atoms with Gasteiger partial charge in [-0.05, 0) is 39.3 Å². The Morgan fingerprint density at radius 3 is 2.35 bits per heavy atom. The van der Waals surface area contributed by atoms with Gasteiger partial charge in [0, 0.05) is 13.1 Å². The molecule has 0 spiro atoms. The molecule has 2 rings (SSSR count). The lowest BCUT2D eigenvalue weighted by atomic mass is 9.82. The Kier molecular flexibility index (Phi) is 4.66. The maximum absolute atomic E-state index is 14.9. The lowest BCUT2D eigenvalue weighted by Crippen LogP contribution is -2.64. The van der Waals surface area contributed by atoms with Crippen LogP contribution in [-0.2, 0) is 19.0 Å². The third kappa shape index (κ3) is 2.39. The van der Waals surface area contributed by atoms with Gasteiger partial charge < -0.3 is 19.1 Å². The van der Waals surface area contributed by atoms with Crippen molar-refractivity contribution in [2.75, 3.05) is 19.7 Å². The van der Waals surface area contributed by atoms with Crippen LogP contribution in [0.5, 0.6) is 0 Å². The number of rotatable bonds is 5. The van der Waals surface area contributed by atoms with Gasteiger partial charge in [-0.15, -0.1) is 0 Å². The second-order valence-electron chi connectivity index (χ2n) is 5.47. The summed E-state index contributed by atoms with van der Waals surface area (Å²) in [5.41, 5.74) is -2.48. The van der Waals surface area contributed by atoms with E-state index in [4.69, 9.17) is 14.2 Å². The molecule has 8 heteroatoms. The van der Waals surface area contributed by atoms with Crippen LogP contribution in [-0.4, -0.2) is 60.4 Å². The number of nitrogens with zero attached hydrogens (tertiary/aromatic N) is 1. The maximum Gasteiger partial charge on any atom is 0.411 e. The van der Waals surface area contributed by atoms with Crippen molar-refractivity contribution < 1.29 is 32.6 Å². The van der Waals surface area contributed by atoms with E-state index >= 15 is 0 Å². The number of amides is 1. The van der Waals surface area contributed by atoms with Gasteiger partial charge in [-0.25, -0.2) is 9.59 Å². The minimum absolute atomic E-state index is 0.112. The Morgan fingerprint density at radius 2 is 1.91 bits per heavy atom. The maximum atomic E-state index is 14.9. The van der Waals surface area contributed by atoms with Gasteiger partial charge >= 0.3 is 23.6 Å². The molecule has 0 aliphatic carbocycles. The molecule has 130 valence electrons. The summed E-state index contributed by atoms with van der Waals surface area (Å²) in [6.45, 7) is 6.76. The van der Waals surface area contributed by atoms with E-state index in [-0.39, 0.29) is 19.7 Å². The van der Waals surface area contributed by atoms with Crippen molar-refractivity contribution in [3.05, 3.63) is 11.6 Å². The van der Waals surface area contributed by atoms with E-state index in [0.717, 1.165) is 0 Å². The van der Waals surface area contributed by atoms with E-state index in [1.807, 2.05) is 0 Å². The first-order valence-corrected chi connectivity index (χ1v) is 7.62. The largest absolute Gasteiger partial charge is 0.463 e. The van der Waals surface area contributed by atoms with Crippen molar-refractivity contribution in [1.82, 2.24) is 4.90 Å². The third-order valence-electron chi connectivity index (χ3n) is 4.18. The van der Waals surface area contributed by atoms with Crippen LogP contribution in [0.3, 0.4) is 0 Å². The summed E-state index contributed by atoms with van der Waals surface area (Å²) in [5, 5.41) is 0. The fourth-order valence-corrected chi connectivity index (χ4v) is 2.93. The van der Waals surface area contributed by atoms with Crippen LogP contribution in [0.15, 0.2) is 11.6 Å². The minimum Gasteiger partial charge on any atom is -0.463 e. The van der Waals surface area contributed by atoms with Crippen molar-refractivity contribution in [3.8, 4) is 0 Å². The molecule has 0 unspecified atom stereocenters. The molecule has 2 bridgehead atoms. The SMILES string of the molecule is CCOC(=O)[C@]1(OC(=O)N(CC)CC)[C@@H]2C=C(C)[C@@H](O2)C1(F)F. The van der Waals surface area contributed by atoms with Gasteiger partial charge in [0.2, 0.25) is 0 Å². The number of fused-ring (bicyclic) bond motifs is 2. The molecule has 1 saturated heterocycles. The number of carbonyl (C=O) groups is 2. The number of ether oxygens (including phenoxy) is 3. The molecular weight excluding hydrogens is 312 g/mol. The predicted octanol–water partition coefficient (Wildman–Crippen LogP) is 2.13. The molecule has 6 nitrogen and oxygen atoms in total. The molecule has 0 aromatic heterocycles. The van der Waals surface area contributed by atoms with Crippen LogP contribution in [0.25, 0.3) is 0 Å². The van der Waals surface area contributed by atoms with E-state index < -0.39 is 35.8 Å². The first-order chi connectivity index (χ1) is 10.8. The van der Waals surface area contributed by atoms with E-state index in [1.54, 1.807) is 13.8 Å². The molecule has 2 aliphatic heterocycles. The molecule has 0 radical (unpaired) electrons. The average Bonchev–Trinajstić information content (AvgIpc) is 2.96. The van der Waals surface area contributed by atoms with Gasteiger partial charge in [-0.1, -0.05) is 0 Å². The number of carbonyl (C=O) groups excluding carboxylic acids is 2. The van der Waals surface area contributed by atoms with Crippen LogP contribution >= 0.6 is 0 Å². The van der Waals surface area contributed by atoms with Crippen molar-refractivity contribution >= 4 is 12.1 Å². The zero-order chi connectivity index (χ0) is 17.4. The second-order valence-corrected chi connectivity index (χ2v) is 5.47. The van der Waals surface area contributed by atoms with Crippen molar-refractivity contribution in [3.63, 3.8) is 0 Å². The van der Waals surface area contributed by atoms with Gasteiger partial charge in [0.1, 0.15) is 12.2 Å². The van der Waals surface area contributed by atoms with E-state index in [0.29, 0.717) is 5.57 Å². The standard InChI is InChI=1S/C15H21F2NO5/c1-5-18(6-2)13(20)23-14(12(19)21-7-3)10-8-9(4)11(22-10)15(14,16)17/h8,10-11H,5-7H2,1-4H3/t10-,11+,14+/m0/s1. The summed E-state index contributed by atoms with van der Waals surface area (Å²) in [6.07, 6.45) is -2.57. The van der Waals surface area contributed by atoms with E-state index in [1.165, 1.54) is 24.8 Å². The number of halogens is 2. The molecule has 23 heavy (non-hydrogen) atoms. The van der Waals surface area contributed by atoms with Gasteiger partial charge in [0.25, 0.3) is 0 Å². The van der Waals surface area contributed by atoms with Gasteiger partial charge in [-0.3, -0.25) is 0 Å². The van der Waals surface area contributed by atoms with Gasteiger partial charge in [-0.2, -0.15) is 8.78 Å². The predicted molar refractivity (Wildman–Crippen MR) is 76.1 cm³/mol. The summed E-state index contributed by atoms with van der Waals surface area (Å²) in [4.78, 5) is 25.7. The van der Waals surface area contributed by atoms with Crippen LogP contribution < -0.4 is 0 Å². The highest BCUT2D eigenvalue weighted by molar-refractivity contribution is 5.87. The fraction of sp³-hybridized carbons (Fsp3) is 0.733. The summed E-state index contributed by atoms with van der Waals surface area (Å²) in [6, 6.07) is 0. The zero-order valence-corrected chi connectivity index (χ0v) is 13.6. The van der Waals surface area contributed by atoms with E-state index in [2.05, 4.69) is 0 Å². The summed E-state index contributed by atoms with van der Waals surface area (Å²) in [5.74, 6) is -4.99. The van der Waals surface area contributed by atoms with Crippen LogP contribution in [0.1, 0.15) is 27.7 Å². The average molecular weight is 333 g/mol. The lowest BCUT2D eigenvalue weighted by Gasteiger charge is -2.37. The highest BCUT2D eigenvalue weighted by atomic mass is 19.3. The van der Waals surface area contributed by atoms with Crippen LogP contribution in [0.2, 0.25) is 0 Å². The van der Waals surface area contributed by atoms with Gasteiger partial charge in [0.05, 0.1) is 6.61 Å². The smallest absolute Gasteiger partial charge is 0.411 e. The minimum atomic E-state index is -3.70. The molecule has 0 aromatic rings. The Balaban J connectivity index is 2.43. The topological polar surface area (TPSA) is 65.1 Å². The molecular formula is C15H21F2NO5. The van der Waals surface area contributed by atoms with E-state index in [9.17, 15) is 18.4 Å². The summed E-state index contributed by atoms with van der Waals surface area (Å²) in [7, 11) is 0. The Hall–Kier alpha value is -1.70. The summed E-state index contributed by atoms with van der Waals surface area (Å²) < 4.78 is 44.7. The van der Waals surface area contributed by atoms with Crippen molar-refractivity contribution in [2.24, 2.45) is 0 Å². The lowest BCUT2D eigenvalue weighted by molar-refractivity contribution is -0.206. The number of esters is 1. The monoisotopic (exact) mass is 333 g/mol. The highest BCUT2D eigenvalue weighted by Gasteiger charge is 2.79. The third-order valence-corrected chi connectivity index (χ3v) is 4.18. The molecule has 0 aromatic carbocycles. The highest BCUT2D eigenvalue weighted by Crippen LogP contribution is 2.54. The number of hydrogen-bond acceptors (Lipinski definition) is 5. The normalized spacial score (nSPS) is 30.8. The van der Waals surface area contributed by atoms with Crippen molar-refractivity contribution in [2.45, 2.75) is 51.4 Å². The second kappa shape index (κ2) is 6.07. The Morgan fingerprint density at radius 1 is 1.30 bits per heavy atom. The van der Waals surface area contributed by atoms with Crippen LogP contribution in [0, 0.1) is 0 Å². The number of hydrogen-bond donors (Lipinski definition) is 0. The first-order valence-electron chi connectivity index (χ1n) is 7.62. The molecule has 0 N–H and O–H groups in total. The molecule has 1 fully saturated rings. The molecule has 3 atom stereocenters. The molecule has 1 amide bonds. The Labute approximate surface area is 133 Å². The first kappa shape index (κ1) is 17.7. The van der Waals surface area contributed by atoms with Crippen LogP contribution in [0.4, 0.5) is 13.6 Å². The Bertz CT molecular complexity index is 532. The van der Waals surface area contributed by atoms with Crippen molar-refractivity contribution in [1.29, 1.82) is 0 Å².